The number of quaternary nitrogens is 1. The number of hydrogen-bond acceptors (Lipinski definition) is 1. The molecule has 2 nitrogen and oxygen atoms in total. The SMILES string of the molecule is C[C@@]12[C@H]3CC[C@@H]1[C@@H](OCc1ccccc1)C[N@+]2(Cc1cc(C(F)(F)F)cc(C(F)(F)F)c1)CC3. The topological polar surface area (TPSA) is 9.23 Å². The number of rotatable bonds is 5. The van der Waals surface area contributed by atoms with Gasteiger partial charge in [0.2, 0.25) is 0 Å². The number of nitrogens with zero attached hydrogens (tertiary/aromatic N) is 1. The zero-order valence-corrected chi connectivity index (χ0v) is 18.9. The van der Waals surface area contributed by atoms with Gasteiger partial charge in [-0.05, 0) is 43.5 Å². The maximum Gasteiger partial charge on any atom is 0.416 e. The Morgan fingerprint density at radius 1 is 0.882 bits per heavy atom. The second-order valence-corrected chi connectivity index (χ2v) is 10.4. The zero-order chi connectivity index (χ0) is 24.4. The summed E-state index contributed by atoms with van der Waals surface area (Å²) in [5, 5.41) is 0. The summed E-state index contributed by atoms with van der Waals surface area (Å²) in [6.07, 6.45) is -6.78. The van der Waals surface area contributed by atoms with Gasteiger partial charge in [-0.3, -0.25) is 0 Å². The molecule has 0 bridgehead atoms. The Morgan fingerprint density at radius 2 is 1.53 bits per heavy atom. The Bertz CT molecular complexity index is 1020. The maximum atomic E-state index is 13.5. The van der Waals surface area contributed by atoms with Crippen LogP contribution in [0.4, 0.5) is 26.3 Å². The summed E-state index contributed by atoms with van der Waals surface area (Å²) in [5.74, 6) is 0.660. The Morgan fingerprint density at radius 3 is 2.15 bits per heavy atom. The molecule has 2 saturated heterocycles. The van der Waals surface area contributed by atoms with Crippen LogP contribution in [0.5, 0.6) is 0 Å². The van der Waals surface area contributed by atoms with E-state index in [0.717, 1.165) is 43.5 Å². The van der Waals surface area contributed by atoms with Gasteiger partial charge in [0, 0.05) is 23.8 Å². The molecular formula is C26H28F6NO+. The standard InChI is InChI=1S/C26H28F6NO/c1-24-19-7-8-22(24)23(34-16-17-5-3-2-4-6-17)15-33(24,10-9-19)14-18-11-20(25(27,28)29)13-21(12-18)26(30,31)32/h2-6,11-13,19,22-23H,7-10,14-16H2,1H3/q+1/t19-,22+,23-,24+,33+/m0/s1. The van der Waals surface area contributed by atoms with Gasteiger partial charge in [-0.15, -0.1) is 0 Å². The smallest absolute Gasteiger partial charge is 0.367 e. The average molecular weight is 485 g/mol. The normalized spacial score (nSPS) is 32.9. The lowest BCUT2D eigenvalue weighted by Crippen LogP contribution is -2.57. The lowest BCUT2D eigenvalue weighted by atomic mass is 9.83. The van der Waals surface area contributed by atoms with Gasteiger partial charge in [-0.1, -0.05) is 30.3 Å². The van der Waals surface area contributed by atoms with Crippen molar-refractivity contribution in [2.45, 2.75) is 63.3 Å². The molecule has 0 N–H and O–H groups in total. The van der Waals surface area contributed by atoms with Crippen LogP contribution in [0, 0.1) is 11.8 Å². The van der Waals surface area contributed by atoms with Crippen LogP contribution in [-0.4, -0.2) is 29.2 Å². The summed E-state index contributed by atoms with van der Waals surface area (Å²) in [6, 6.07) is 11.8. The molecule has 0 aromatic heterocycles. The number of hydrogen-bond donors (Lipinski definition) is 0. The van der Waals surface area contributed by atoms with Crippen molar-refractivity contribution in [3.8, 4) is 0 Å². The molecule has 1 saturated carbocycles. The first-order valence-corrected chi connectivity index (χ1v) is 11.7. The molecule has 0 amide bonds. The monoisotopic (exact) mass is 484 g/mol. The van der Waals surface area contributed by atoms with Gasteiger partial charge in [0.05, 0.1) is 24.3 Å². The third kappa shape index (κ3) is 3.83. The minimum Gasteiger partial charge on any atom is -0.367 e. The van der Waals surface area contributed by atoms with E-state index in [-0.39, 0.29) is 35.7 Å². The third-order valence-corrected chi connectivity index (χ3v) is 8.75. The predicted molar refractivity (Wildman–Crippen MR) is 114 cm³/mol. The fourth-order valence-electron chi connectivity index (χ4n) is 7.13. The fourth-order valence-corrected chi connectivity index (χ4v) is 7.13. The Kier molecular flexibility index (Phi) is 5.56. The molecule has 5 rings (SSSR count). The summed E-state index contributed by atoms with van der Waals surface area (Å²) in [5.41, 5.74) is -1.54. The van der Waals surface area contributed by atoms with Gasteiger partial charge >= 0.3 is 12.4 Å². The van der Waals surface area contributed by atoms with Crippen molar-refractivity contribution >= 4 is 0 Å². The summed E-state index contributed by atoms with van der Waals surface area (Å²) in [6.45, 7) is 4.15. The van der Waals surface area contributed by atoms with E-state index in [1.54, 1.807) is 0 Å². The largest absolute Gasteiger partial charge is 0.416 e. The molecule has 2 aromatic carbocycles. The highest BCUT2D eigenvalue weighted by Gasteiger charge is 2.71. The Balaban J connectivity index is 1.47. The third-order valence-electron chi connectivity index (χ3n) is 8.75. The lowest BCUT2D eigenvalue weighted by molar-refractivity contribution is -0.966. The van der Waals surface area contributed by atoms with Gasteiger partial charge in [-0.25, -0.2) is 0 Å². The highest BCUT2D eigenvalue weighted by molar-refractivity contribution is 5.33. The number of alkyl halides is 6. The second kappa shape index (κ2) is 7.98. The van der Waals surface area contributed by atoms with E-state index in [4.69, 9.17) is 4.74 Å². The van der Waals surface area contributed by atoms with Gasteiger partial charge in [0.1, 0.15) is 24.7 Å². The highest BCUT2D eigenvalue weighted by Crippen LogP contribution is 2.61. The van der Waals surface area contributed by atoms with Gasteiger partial charge in [0.25, 0.3) is 0 Å². The molecule has 0 radical (unpaired) electrons. The van der Waals surface area contributed by atoms with Gasteiger partial charge < -0.3 is 9.22 Å². The summed E-state index contributed by atoms with van der Waals surface area (Å²) < 4.78 is 87.6. The molecular weight excluding hydrogens is 456 g/mol. The molecule has 0 spiro atoms. The second-order valence-electron chi connectivity index (χ2n) is 10.4. The number of halogens is 6. The molecule has 8 heteroatoms. The van der Waals surface area contributed by atoms with E-state index in [9.17, 15) is 26.3 Å². The molecule has 3 fully saturated rings. The number of ether oxygens (including phenoxy) is 1. The first-order valence-electron chi connectivity index (χ1n) is 11.7. The van der Waals surface area contributed by atoms with Crippen LogP contribution in [0.25, 0.3) is 0 Å². The van der Waals surface area contributed by atoms with Crippen molar-refractivity contribution in [2.75, 3.05) is 13.1 Å². The first kappa shape index (κ1) is 23.7. The highest BCUT2D eigenvalue weighted by atomic mass is 19.4. The van der Waals surface area contributed by atoms with Crippen LogP contribution in [0.2, 0.25) is 0 Å². The molecule has 2 heterocycles. The molecule has 34 heavy (non-hydrogen) atoms. The van der Waals surface area contributed by atoms with E-state index in [1.165, 1.54) is 0 Å². The van der Waals surface area contributed by atoms with Crippen molar-refractivity contribution in [1.29, 1.82) is 0 Å². The summed E-state index contributed by atoms with van der Waals surface area (Å²) >= 11 is 0. The van der Waals surface area contributed by atoms with Crippen LogP contribution in [0.1, 0.15) is 48.4 Å². The molecule has 5 atom stereocenters. The van der Waals surface area contributed by atoms with E-state index in [0.29, 0.717) is 23.6 Å². The van der Waals surface area contributed by atoms with Crippen molar-refractivity contribution in [1.82, 2.24) is 0 Å². The molecule has 0 unspecified atom stereocenters. The Hall–Kier alpha value is -2.06. The van der Waals surface area contributed by atoms with Crippen molar-refractivity contribution < 1.29 is 35.6 Å². The van der Waals surface area contributed by atoms with Gasteiger partial charge in [-0.2, -0.15) is 26.3 Å². The van der Waals surface area contributed by atoms with Gasteiger partial charge in [0.15, 0.2) is 0 Å². The fraction of sp³-hybridized carbons (Fsp3) is 0.538. The van der Waals surface area contributed by atoms with Crippen molar-refractivity contribution in [3.63, 3.8) is 0 Å². The Labute approximate surface area is 195 Å². The zero-order valence-electron chi connectivity index (χ0n) is 18.9. The van der Waals surface area contributed by atoms with Crippen LogP contribution in [0.15, 0.2) is 48.5 Å². The predicted octanol–water partition coefficient (Wildman–Crippen LogP) is 6.83. The summed E-state index contributed by atoms with van der Waals surface area (Å²) in [7, 11) is 0. The minimum absolute atomic E-state index is 0.0663. The van der Waals surface area contributed by atoms with Crippen LogP contribution in [0.3, 0.4) is 0 Å². The average Bonchev–Trinajstić information content (AvgIpc) is 3.34. The quantitative estimate of drug-likeness (QED) is 0.334. The number of benzene rings is 2. The summed E-state index contributed by atoms with van der Waals surface area (Å²) in [4.78, 5) is 0. The molecule has 1 aliphatic carbocycles. The van der Waals surface area contributed by atoms with Crippen LogP contribution < -0.4 is 0 Å². The van der Waals surface area contributed by atoms with Crippen molar-refractivity contribution in [2.24, 2.45) is 11.8 Å². The van der Waals surface area contributed by atoms with E-state index in [1.807, 2.05) is 30.3 Å². The van der Waals surface area contributed by atoms with E-state index >= 15 is 0 Å². The molecule has 3 aliphatic rings. The van der Waals surface area contributed by atoms with Crippen LogP contribution in [-0.2, 0) is 30.2 Å². The molecule has 2 aromatic rings. The van der Waals surface area contributed by atoms with E-state index in [2.05, 4.69) is 6.92 Å². The lowest BCUT2D eigenvalue weighted by Gasteiger charge is -2.44. The molecule has 2 aliphatic heterocycles. The van der Waals surface area contributed by atoms with Crippen LogP contribution >= 0.6 is 0 Å². The van der Waals surface area contributed by atoms with E-state index < -0.39 is 23.5 Å². The molecule has 184 valence electrons. The first-order chi connectivity index (χ1) is 15.9. The maximum absolute atomic E-state index is 13.5. The van der Waals surface area contributed by atoms with Crippen molar-refractivity contribution in [3.05, 3.63) is 70.8 Å². The minimum atomic E-state index is -4.84.